The summed E-state index contributed by atoms with van der Waals surface area (Å²) >= 11 is 0. The average Bonchev–Trinajstić information content (AvgIpc) is 2.98. The fourth-order valence-electron chi connectivity index (χ4n) is 3.05. The van der Waals surface area contributed by atoms with E-state index in [1.54, 1.807) is 0 Å². The molecule has 5 nitrogen and oxygen atoms in total. The van der Waals surface area contributed by atoms with E-state index in [9.17, 15) is 4.79 Å². The molecule has 1 atom stereocenters. The molecule has 1 aliphatic carbocycles. The Labute approximate surface area is 125 Å². The van der Waals surface area contributed by atoms with Gasteiger partial charge in [-0.3, -0.25) is 4.79 Å². The molecule has 1 aliphatic rings. The summed E-state index contributed by atoms with van der Waals surface area (Å²) in [5.74, 6) is -0.0943. The zero-order valence-electron chi connectivity index (χ0n) is 12.4. The highest BCUT2D eigenvalue weighted by atomic mass is 16.4. The van der Waals surface area contributed by atoms with Gasteiger partial charge in [0, 0.05) is 6.04 Å². The molecule has 0 saturated heterocycles. The summed E-state index contributed by atoms with van der Waals surface area (Å²) in [5.41, 5.74) is 6.12. The molecule has 1 aromatic rings. The van der Waals surface area contributed by atoms with Crippen LogP contribution in [0.3, 0.4) is 0 Å². The lowest BCUT2D eigenvalue weighted by Gasteiger charge is -2.28. The first kappa shape index (κ1) is 15.4. The first-order valence-corrected chi connectivity index (χ1v) is 7.41. The Morgan fingerprint density at radius 2 is 2.00 bits per heavy atom. The van der Waals surface area contributed by atoms with Gasteiger partial charge < -0.3 is 16.3 Å². The summed E-state index contributed by atoms with van der Waals surface area (Å²) in [6.45, 7) is 1.97. The van der Waals surface area contributed by atoms with Gasteiger partial charge in [0.25, 0.3) is 0 Å². The highest BCUT2D eigenvalue weighted by Gasteiger charge is 2.45. The van der Waals surface area contributed by atoms with E-state index in [4.69, 9.17) is 10.9 Å². The minimum absolute atomic E-state index is 0.00358. The van der Waals surface area contributed by atoms with Crippen molar-refractivity contribution in [3.8, 4) is 0 Å². The summed E-state index contributed by atoms with van der Waals surface area (Å²) in [6.07, 6.45) is 3.91. The van der Waals surface area contributed by atoms with Crippen molar-refractivity contribution < 1.29 is 10.0 Å². The van der Waals surface area contributed by atoms with Crippen LogP contribution < -0.4 is 11.1 Å². The minimum atomic E-state index is -0.834. The van der Waals surface area contributed by atoms with Gasteiger partial charge in [0.05, 0.1) is 0 Å². The number of benzene rings is 1. The van der Waals surface area contributed by atoms with Gasteiger partial charge >= 0.3 is 0 Å². The third-order valence-electron chi connectivity index (χ3n) is 4.25. The Kier molecular flexibility index (Phi) is 4.83. The summed E-state index contributed by atoms with van der Waals surface area (Å²) in [7, 11) is 0. The lowest BCUT2D eigenvalue weighted by Crippen LogP contribution is -2.50. The number of amidine groups is 1. The van der Waals surface area contributed by atoms with E-state index < -0.39 is 5.41 Å². The van der Waals surface area contributed by atoms with Crippen molar-refractivity contribution in [3.63, 3.8) is 0 Å². The van der Waals surface area contributed by atoms with Crippen LogP contribution >= 0.6 is 0 Å². The Bertz CT molecular complexity index is 508. The van der Waals surface area contributed by atoms with Crippen molar-refractivity contribution in [2.45, 2.75) is 45.1 Å². The fourth-order valence-corrected chi connectivity index (χ4v) is 3.05. The molecule has 1 fully saturated rings. The van der Waals surface area contributed by atoms with E-state index in [1.807, 2.05) is 37.3 Å². The molecule has 0 spiro atoms. The van der Waals surface area contributed by atoms with Crippen molar-refractivity contribution in [2.24, 2.45) is 16.3 Å². The lowest BCUT2D eigenvalue weighted by atomic mass is 9.83. The van der Waals surface area contributed by atoms with E-state index >= 15 is 0 Å². The van der Waals surface area contributed by atoms with Crippen LogP contribution in [0.5, 0.6) is 0 Å². The van der Waals surface area contributed by atoms with E-state index in [2.05, 4.69) is 10.5 Å². The summed E-state index contributed by atoms with van der Waals surface area (Å²) in [6, 6.07) is 10.0. The normalized spacial score (nSPS) is 19.2. The van der Waals surface area contributed by atoms with Gasteiger partial charge in [-0.05, 0) is 31.7 Å². The van der Waals surface area contributed by atoms with Crippen molar-refractivity contribution in [1.82, 2.24) is 5.32 Å². The molecule has 114 valence electrons. The molecule has 0 aliphatic heterocycles. The van der Waals surface area contributed by atoms with E-state index in [0.29, 0.717) is 12.8 Å². The Morgan fingerprint density at radius 3 is 2.57 bits per heavy atom. The van der Waals surface area contributed by atoms with E-state index in [-0.39, 0.29) is 17.8 Å². The maximum absolute atomic E-state index is 12.6. The first-order valence-electron chi connectivity index (χ1n) is 7.41. The molecular formula is C16H23N3O2. The molecule has 0 aromatic heterocycles. The topological polar surface area (TPSA) is 87.7 Å². The number of nitrogens with zero attached hydrogens (tertiary/aromatic N) is 1. The number of oxime groups is 1. The Balaban J connectivity index is 2.02. The summed E-state index contributed by atoms with van der Waals surface area (Å²) < 4.78 is 0. The molecule has 2 rings (SSSR count). The Hall–Kier alpha value is -2.04. The number of nitrogens with two attached hydrogens (primary N) is 1. The molecule has 1 amide bonds. The van der Waals surface area contributed by atoms with Gasteiger partial charge in [0.15, 0.2) is 5.84 Å². The molecule has 4 N–H and O–H groups in total. The molecule has 21 heavy (non-hydrogen) atoms. The average molecular weight is 289 g/mol. The maximum atomic E-state index is 12.6. The number of hydrogen-bond donors (Lipinski definition) is 3. The van der Waals surface area contributed by atoms with Gasteiger partial charge in [-0.15, -0.1) is 0 Å². The van der Waals surface area contributed by atoms with Crippen LogP contribution in [0.1, 0.15) is 38.2 Å². The van der Waals surface area contributed by atoms with Gasteiger partial charge in [0.1, 0.15) is 5.41 Å². The molecule has 1 saturated carbocycles. The number of nitrogens with one attached hydrogen (secondary N) is 1. The molecule has 0 heterocycles. The molecular weight excluding hydrogens is 266 g/mol. The summed E-state index contributed by atoms with van der Waals surface area (Å²) in [5, 5.41) is 15.1. The quantitative estimate of drug-likeness (QED) is 0.335. The fraction of sp³-hybridized carbons (Fsp3) is 0.500. The second-order valence-electron chi connectivity index (χ2n) is 5.84. The van der Waals surface area contributed by atoms with Crippen LogP contribution in [0, 0.1) is 5.41 Å². The lowest BCUT2D eigenvalue weighted by molar-refractivity contribution is -0.128. The monoisotopic (exact) mass is 289 g/mol. The van der Waals surface area contributed by atoms with Crippen LogP contribution in [0.4, 0.5) is 0 Å². The van der Waals surface area contributed by atoms with Crippen LogP contribution in [0.15, 0.2) is 35.5 Å². The summed E-state index contributed by atoms with van der Waals surface area (Å²) in [4.78, 5) is 12.6. The number of amides is 1. The number of carbonyl (C=O) groups is 1. The van der Waals surface area contributed by atoms with Gasteiger partial charge in [-0.2, -0.15) is 0 Å². The predicted molar refractivity (Wildman–Crippen MR) is 82.1 cm³/mol. The standard InChI is InChI=1S/C16H23N3O2/c1-12(11-13-7-3-2-4-8-13)18-15(20)16(14(17)19-21)9-5-6-10-16/h2-4,7-8,12,21H,5-6,9-11H2,1H3,(H2,17,19)(H,18,20). The predicted octanol–water partition coefficient (Wildman–Crippen LogP) is 2.04. The van der Waals surface area contributed by atoms with Crippen molar-refractivity contribution >= 4 is 11.7 Å². The number of hydrogen-bond acceptors (Lipinski definition) is 3. The zero-order valence-corrected chi connectivity index (χ0v) is 12.4. The van der Waals surface area contributed by atoms with Crippen molar-refractivity contribution in [3.05, 3.63) is 35.9 Å². The van der Waals surface area contributed by atoms with Crippen LogP contribution in [0.25, 0.3) is 0 Å². The second-order valence-corrected chi connectivity index (χ2v) is 5.84. The third-order valence-corrected chi connectivity index (χ3v) is 4.25. The molecule has 0 bridgehead atoms. The largest absolute Gasteiger partial charge is 0.409 e. The van der Waals surface area contributed by atoms with E-state index in [1.165, 1.54) is 5.56 Å². The third kappa shape index (κ3) is 3.35. The van der Waals surface area contributed by atoms with Gasteiger partial charge in [0.2, 0.25) is 5.91 Å². The molecule has 5 heteroatoms. The second kappa shape index (κ2) is 6.61. The van der Waals surface area contributed by atoms with Crippen molar-refractivity contribution in [2.75, 3.05) is 0 Å². The highest BCUT2D eigenvalue weighted by Crippen LogP contribution is 2.38. The van der Waals surface area contributed by atoms with Crippen molar-refractivity contribution in [1.29, 1.82) is 0 Å². The SMILES string of the molecule is CC(Cc1ccccc1)NC(=O)C1(C(N)=NO)CCCC1. The smallest absolute Gasteiger partial charge is 0.234 e. The highest BCUT2D eigenvalue weighted by molar-refractivity contribution is 6.07. The van der Waals surface area contributed by atoms with Crippen LogP contribution in [-0.4, -0.2) is 23.0 Å². The van der Waals surface area contributed by atoms with Gasteiger partial charge in [-0.25, -0.2) is 0 Å². The van der Waals surface area contributed by atoms with Gasteiger partial charge in [-0.1, -0.05) is 48.3 Å². The molecule has 0 radical (unpaired) electrons. The molecule has 1 aromatic carbocycles. The van der Waals surface area contributed by atoms with E-state index in [0.717, 1.165) is 19.3 Å². The Morgan fingerprint density at radius 1 is 1.38 bits per heavy atom. The maximum Gasteiger partial charge on any atom is 0.234 e. The zero-order chi connectivity index (χ0) is 15.3. The van der Waals surface area contributed by atoms with Crippen LogP contribution in [0.2, 0.25) is 0 Å². The number of rotatable bonds is 5. The number of carbonyl (C=O) groups excluding carboxylic acids is 1. The minimum Gasteiger partial charge on any atom is -0.409 e. The first-order chi connectivity index (χ1) is 10.1. The van der Waals surface area contributed by atoms with Crippen LogP contribution in [-0.2, 0) is 11.2 Å². The molecule has 1 unspecified atom stereocenters.